The number of carbonyl (C=O) groups is 1. The van der Waals surface area contributed by atoms with Gasteiger partial charge in [-0.1, -0.05) is 6.08 Å². The van der Waals surface area contributed by atoms with E-state index in [4.69, 9.17) is 4.74 Å². The lowest BCUT2D eigenvalue weighted by atomic mass is 9.97. The van der Waals surface area contributed by atoms with Crippen LogP contribution in [0.3, 0.4) is 0 Å². The fourth-order valence-electron chi connectivity index (χ4n) is 2.31. The molecule has 5 nitrogen and oxygen atoms in total. The van der Waals surface area contributed by atoms with Crippen LogP contribution in [0, 0.1) is 5.92 Å². The number of aliphatic hydroxyl groups is 1. The second-order valence-corrected chi connectivity index (χ2v) is 4.87. The molecule has 0 radical (unpaired) electrons. The van der Waals surface area contributed by atoms with Crippen LogP contribution in [-0.2, 0) is 4.74 Å². The number of hydrogen-bond donors (Lipinski definition) is 2. The van der Waals surface area contributed by atoms with Crippen molar-refractivity contribution in [3.05, 3.63) is 12.7 Å². The molecular formula is C12H21NO4. The topological polar surface area (TPSA) is 70.0 Å². The van der Waals surface area contributed by atoms with Crippen LogP contribution in [0.15, 0.2) is 12.7 Å². The van der Waals surface area contributed by atoms with E-state index in [2.05, 4.69) is 6.58 Å². The number of amides is 1. The van der Waals surface area contributed by atoms with E-state index in [1.165, 1.54) is 4.90 Å². The van der Waals surface area contributed by atoms with Gasteiger partial charge in [-0.15, -0.1) is 6.58 Å². The molecule has 1 rings (SSSR count). The van der Waals surface area contributed by atoms with Crippen molar-refractivity contribution in [3.63, 3.8) is 0 Å². The smallest absolute Gasteiger partial charge is 0.409 e. The van der Waals surface area contributed by atoms with Gasteiger partial charge in [-0.05, 0) is 32.6 Å². The summed E-state index contributed by atoms with van der Waals surface area (Å²) in [6.45, 7) is 7.53. The van der Waals surface area contributed by atoms with Crippen molar-refractivity contribution in [2.24, 2.45) is 5.92 Å². The molecule has 0 unspecified atom stereocenters. The van der Waals surface area contributed by atoms with Crippen LogP contribution >= 0.6 is 0 Å². The first-order valence-corrected chi connectivity index (χ1v) is 5.80. The standard InChI is InChI=1S/C12H21NO4/c1-4-5-9(7-14)6-10-8-17-12(2,3)13(10)11(15)16/h4,9-10,14H,1,5-8H2,2-3H3,(H,15,16)/t9-,10+/m1/s1. The van der Waals surface area contributed by atoms with Gasteiger partial charge in [0.05, 0.1) is 12.6 Å². The average molecular weight is 243 g/mol. The lowest BCUT2D eigenvalue weighted by Crippen LogP contribution is -2.47. The second-order valence-electron chi connectivity index (χ2n) is 4.87. The van der Waals surface area contributed by atoms with Gasteiger partial charge in [-0.3, -0.25) is 4.90 Å². The van der Waals surface area contributed by atoms with Crippen LogP contribution in [0.1, 0.15) is 26.7 Å². The molecule has 5 heteroatoms. The molecule has 0 saturated carbocycles. The number of aliphatic hydroxyl groups excluding tert-OH is 1. The summed E-state index contributed by atoms with van der Waals surface area (Å²) in [6.07, 6.45) is 2.04. The molecule has 98 valence electrons. The number of rotatable bonds is 5. The van der Waals surface area contributed by atoms with E-state index in [9.17, 15) is 15.0 Å². The van der Waals surface area contributed by atoms with Gasteiger partial charge in [0.1, 0.15) is 5.72 Å². The van der Waals surface area contributed by atoms with Crippen LogP contribution in [0.5, 0.6) is 0 Å². The van der Waals surface area contributed by atoms with E-state index in [-0.39, 0.29) is 18.6 Å². The number of carboxylic acid groups (broad SMARTS) is 1. The normalized spacial score (nSPS) is 24.6. The molecule has 0 aromatic heterocycles. The molecule has 1 amide bonds. The quantitative estimate of drug-likeness (QED) is 0.721. The second kappa shape index (κ2) is 5.51. The van der Waals surface area contributed by atoms with Crippen molar-refractivity contribution >= 4 is 6.09 Å². The highest BCUT2D eigenvalue weighted by molar-refractivity contribution is 5.66. The van der Waals surface area contributed by atoms with E-state index in [1.54, 1.807) is 19.9 Å². The minimum atomic E-state index is -0.979. The van der Waals surface area contributed by atoms with Crippen molar-refractivity contribution in [1.82, 2.24) is 4.90 Å². The Morgan fingerprint density at radius 1 is 1.71 bits per heavy atom. The molecule has 17 heavy (non-hydrogen) atoms. The minimum absolute atomic E-state index is 0.0381. The van der Waals surface area contributed by atoms with E-state index < -0.39 is 11.8 Å². The molecule has 0 aromatic carbocycles. The summed E-state index contributed by atoms with van der Waals surface area (Å²) in [5.41, 5.74) is -0.787. The SMILES string of the molecule is C=CC[C@@H](CO)C[C@H]1COC(C)(C)N1C(=O)O. The molecule has 2 atom stereocenters. The fraction of sp³-hybridized carbons (Fsp3) is 0.750. The number of ether oxygens (including phenoxy) is 1. The molecule has 1 saturated heterocycles. The molecule has 2 N–H and O–H groups in total. The van der Waals surface area contributed by atoms with Gasteiger partial charge in [0.25, 0.3) is 0 Å². The minimum Gasteiger partial charge on any atom is -0.465 e. The van der Waals surface area contributed by atoms with Crippen LogP contribution in [-0.4, -0.2) is 46.2 Å². The summed E-state index contributed by atoms with van der Waals surface area (Å²) >= 11 is 0. The van der Waals surface area contributed by atoms with Crippen molar-refractivity contribution in [2.75, 3.05) is 13.2 Å². The van der Waals surface area contributed by atoms with Crippen LogP contribution in [0.25, 0.3) is 0 Å². The molecule has 0 aromatic rings. The predicted molar refractivity (Wildman–Crippen MR) is 63.7 cm³/mol. The summed E-state index contributed by atoms with van der Waals surface area (Å²) in [7, 11) is 0. The lowest BCUT2D eigenvalue weighted by molar-refractivity contribution is -0.0426. The summed E-state index contributed by atoms with van der Waals surface area (Å²) in [6, 6.07) is -0.195. The van der Waals surface area contributed by atoms with Gasteiger partial charge < -0.3 is 14.9 Å². The van der Waals surface area contributed by atoms with Crippen molar-refractivity contribution in [1.29, 1.82) is 0 Å². The molecule has 1 heterocycles. The monoisotopic (exact) mass is 243 g/mol. The zero-order valence-electron chi connectivity index (χ0n) is 10.4. The summed E-state index contributed by atoms with van der Waals surface area (Å²) in [4.78, 5) is 12.6. The van der Waals surface area contributed by atoms with Crippen molar-refractivity contribution in [3.8, 4) is 0 Å². The van der Waals surface area contributed by atoms with Gasteiger partial charge in [0.2, 0.25) is 0 Å². The Balaban J connectivity index is 2.70. The maximum Gasteiger partial charge on any atom is 0.409 e. The zero-order valence-corrected chi connectivity index (χ0v) is 10.4. The molecule has 1 aliphatic heterocycles. The maximum atomic E-state index is 11.2. The third kappa shape index (κ3) is 3.20. The third-order valence-electron chi connectivity index (χ3n) is 3.14. The van der Waals surface area contributed by atoms with Gasteiger partial charge in [0.15, 0.2) is 0 Å². The molecular weight excluding hydrogens is 222 g/mol. The van der Waals surface area contributed by atoms with E-state index in [1.807, 2.05) is 0 Å². The Kier molecular flexibility index (Phi) is 4.54. The lowest BCUT2D eigenvalue weighted by Gasteiger charge is -2.32. The summed E-state index contributed by atoms with van der Waals surface area (Å²) in [5, 5.41) is 18.4. The fourth-order valence-corrected chi connectivity index (χ4v) is 2.31. The molecule has 1 fully saturated rings. The number of hydrogen-bond acceptors (Lipinski definition) is 3. The Labute approximate surface area is 102 Å². The van der Waals surface area contributed by atoms with Crippen molar-refractivity contribution in [2.45, 2.75) is 38.5 Å². The highest BCUT2D eigenvalue weighted by Crippen LogP contribution is 2.31. The van der Waals surface area contributed by atoms with E-state index in [0.29, 0.717) is 19.4 Å². The maximum absolute atomic E-state index is 11.2. The zero-order chi connectivity index (χ0) is 13.1. The largest absolute Gasteiger partial charge is 0.465 e. The predicted octanol–water partition coefficient (Wildman–Crippen LogP) is 1.68. The van der Waals surface area contributed by atoms with Gasteiger partial charge >= 0.3 is 6.09 Å². The first-order chi connectivity index (χ1) is 7.92. The average Bonchev–Trinajstić information content (AvgIpc) is 2.53. The van der Waals surface area contributed by atoms with Gasteiger partial charge in [-0.25, -0.2) is 4.79 Å². The Hall–Kier alpha value is -1.07. The summed E-state index contributed by atoms with van der Waals surface area (Å²) in [5.74, 6) is 0.0387. The van der Waals surface area contributed by atoms with Gasteiger partial charge in [-0.2, -0.15) is 0 Å². The summed E-state index contributed by atoms with van der Waals surface area (Å²) < 4.78 is 5.49. The molecule has 0 bridgehead atoms. The molecule has 0 spiro atoms. The molecule has 1 aliphatic rings. The van der Waals surface area contributed by atoms with Crippen LogP contribution in [0.2, 0.25) is 0 Å². The first kappa shape index (κ1) is 14.0. The Morgan fingerprint density at radius 3 is 2.82 bits per heavy atom. The van der Waals surface area contributed by atoms with Crippen LogP contribution in [0.4, 0.5) is 4.79 Å². The Bertz CT molecular complexity index is 290. The number of allylic oxidation sites excluding steroid dienone is 1. The third-order valence-corrected chi connectivity index (χ3v) is 3.14. The van der Waals surface area contributed by atoms with Crippen molar-refractivity contribution < 1.29 is 19.7 Å². The highest BCUT2D eigenvalue weighted by atomic mass is 16.5. The van der Waals surface area contributed by atoms with E-state index >= 15 is 0 Å². The van der Waals surface area contributed by atoms with E-state index in [0.717, 1.165) is 0 Å². The number of nitrogens with zero attached hydrogens (tertiary/aromatic N) is 1. The molecule has 0 aliphatic carbocycles. The Morgan fingerprint density at radius 2 is 2.35 bits per heavy atom. The van der Waals surface area contributed by atoms with Gasteiger partial charge in [0, 0.05) is 6.61 Å². The highest BCUT2D eigenvalue weighted by Gasteiger charge is 2.44. The first-order valence-electron chi connectivity index (χ1n) is 5.80. The van der Waals surface area contributed by atoms with Crippen LogP contribution < -0.4 is 0 Å².